The molecule has 2 unspecified atom stereocenters. The van der Waals surface area contributed by atoms with Gasteiger partial charge in [-0.15, -0.1) is 0 Å². The minimum Gasteiger partial charge on any atom is -0.393 e. The van der Waals surface area contributed by atoms with Crippen molar-refractivity contribution in [3.63, 3.8) is 0 Å². The van der Waals surface area contributed by atoms with Crippen molar-refractivity contribution in [2.75, 3.05) is 26.2 Å². The molecule has 2 N–H and O–H groups in total. The van der Waals surface area contributed by atoms with E-state index in [0.717, 1.165) is 57.3 Å². The van der Waals surface area contributed by atoms with Crippen LogP contribution in [0.25, 0.3) is 0 Å². The Hall–Kier alpha value is -1.20. The zero-order chi connectivity index (χ0) is 29.6. The number of hydrogen-bond donors (Lipinski definition) is 2. The number of nitrogens with one attached hydrogen (secondary N) is 1. The molecule has 5 heteroatoms. The van der Waals surface area contributed by atoms with Gasteiger partial charge in [-0.3, -0.25) is 9.59 Å². The summed E-state index contributed by atoms with van der Waals surface area (Å²) < 4.78 is 0. The molecule has 0 spiro atoms. The summed E-state index contributed by atoms with van der Waals surface area (Å²) in [5.41, 5.74) is 2.03. The van der Waals surface area contributed by atoms with Gasteiger partial charge in [-0.05, 0) is 134 Å². The van der Waals surface area contributed by atoms with E-state index in [0.29, 0.717) is 30.7 Å². The number of nitrogens with zero attached hydrogens (tertiary/aromatic N) is 1. The molecule has 0 aromatic rings. The van der Waals surface area contributed by atoms with Gasteiger partial charge in [0.25, 0.3) is 0 Å². The van der Waals surface area contributed by atoms with Crippen LogP contribution in [0.5, 0.6) is 0 Å². The third kappa shape index (κ3) is 4.06. The zero-order valence-electron chi connectivity index (χ0n) is 27.2. The van der Waals surface area contributed by atoms with Crippen molar-refractivity contribution in [3.8, 4) is 0 Å². The van der Waals surface area contributed by atoms with Crippen LogP contribution in [0.1, 0.15) is 119 Å². The lowest BCUT2D eigenvalue weighted by atomic mass is 9.33. The summed E-state index contributed by atoms with van der Waals surface area (Å²) in [6.07, 6.45) is 11.2. The van der Waals surface area contributed by atoms with Gasteiger partial charge in [-0.2, -0.15) is 0 Å². The number of allylic oxidation sites excluding steroid dienone is 1. The Balaban J connectivity index is 1.34. The maximum atomic E-state index is 14.2. The van der Waals surface area contributed by atoms with Gasteiger partial charge < -0.3 is 15.3 Å². The summed E-state index contributed by atoms with van der Waals surface area (Å²) in [5.74, 6) is 1.97. The van der Waals surface area contributed by atoms with Gasteiger partial charge in [-0.25, -0.2) is 0 Å². The van der Waals surface area contributed by atoms with Crippen LogP contribution >= 0.6 is 0 Å². The minimum atomic E-state index is -0.646. The fourth-order valence-corrected chi connectivity index (χ4v) is 12.4. The molecular formula is C36H58N2O3. The highest BCUT2D eigenvalue weighted by Gasteiger charge is 2.70. The molecular weight excluding hydrogens is 508 g/mol. The number of carbonyl (C=O) groups is 2. The van der Waals surface area contributed by atoms with Crippen LogP contribution < -0.4 is 5.32 Å². The van der Waals surface area contributed by atoms with E-state index < -0.39 is 5.41 Å². The van der Waals surface area contributed by atoms with Crippen molar-refractivity contribution in [1.29, 1.82) is 0 Å². The first-order valence-electron chi connectivity index (χ1n) is 17.2. The largest absolute Gasteiger partial charge is 0.393 e. The molecule has 1 heterocycles. The second kappa shape index (κ2) is 9.91. The van der Waals surface area contributed by atoms with Gasteiger partial charge >= 0.3 is 0 Å². The molecule has 8 atom stereocenters. The smallest absolute Gasteiger partial charge is 0.230 e. The summed E-state index contributed by atoms with van der Waals surface area (Å²) >= 11 is 0. The van der Waals surface area contributed by atoms with E-state index in [2.05, 4.69) is 58.7 Å². The molecule has 5 aliphatic carbocycles. The number of aliphatic hydroxyl groups excluding tert-OH is 1. The van der Waals surface area contributed by atoms with Gasteiger partial charge in [0.05, 0.1) is 11.5 Å². The first-order valence-corrected chi connectivity index (χ1v) is 17.2. The van der Waals surface area contributed by atoms with E-state index in [1.807, 2.05) is 0 Å². The van der Waals surface area contributed by atoms with Crippen LogP contribution in [0, 0.1) is 50.7 Å². The number of carbonyl (C=O) groups excluding carboxylic acids is 2. The second-order valence-electron chi connectivity index (χ2n) is 17.0. The highest BCUT2D eigenvalue weighted by molar-refractivity contribution is 6.06. The van der Waals surface area contributed by atoms with Crippen LogP contribution in [0.4, 0.5) is 0 Å². The molecule has 0 aromatic heterocycles. The summed E-state index contributed by atoms with van der Waals surface area (Å²) in [6, 6.07) is 0. The minimum absolute atomic E-state index is 0.0494. The number of fused-ring (bicyclic) bond motifs is 7. The highest BCUT2D eigenvalue weighted by atomic mass is 16.3. The first-order chi connectivity index (χ1) is 19.2. The number of amides is 1. The van der Waals surface area contributed by atoms with Crippen LogP contribution in [-0.4, -0.2) is 54.0 Å². The number of rotatable bonds is 5. The topological polar surface area (TPSA) is 69.6 Å². The molecule has 41 heavy (non-hydrogen) atoms. The number of Topliss-reactive ketones (excluding diaryl/α,β-unsaturated/α-hetero) is 1. The Morgan fingerprint density at radius 1 is 0.927 bits per heavy atom. The summed E-state index contributed by atoms with van der Waals surface area (Å²) in [5, 5.41) is 14.4. The predicted molar refractivity (Wildman–Crippen MR) is 164 cm³/mol. The predicted octanol–water partition coefficient (Wildman–Crippen LogP) is 6.54. The van der Waals surface area contributed by atoms with Crippen molar-refractivity contribution in [1.82, 2.24) is 10.2 Å². The van der Waals surface area contributed by atoms with Crippen molar-refractivity contribution >= 4 is 11.7 Å². The first kappa shape index (κ1) is 29.9. The molecule has 1 amide bonds. The zero-order valence-corrected chi connectivity index (χ0v) is 27.2. The molecule has 5 fully saturated rings. The van der Waals surface area contributed by atoms with Gasteiger partial charge in [-0.1, -0.05) is 48.5 Å². The summed E-state index contributed by atoms with van der Waals surface area (Å²) in [7, 11) is 0. The van der Waals surface area contributed by atoms with Crippen molar-refractivity contribution in [3.05, 3.63) is 11.1 Å². The Morgan fingerprint density at radius 3 is 2.32 bits per heavy atom. The highest BCUT2D eigenvalue weighted by Crippen LogP contribution is 2.76. The number of hydrogen-bond acceptors (Lipinski definition) is 4. The second-order valence-corrected chi connectivity index (χ2v) is 17.0. The molecule has 230 valence electrons. The number of aliphatic hydroxyl groups is 1. The van der Waals surface area contributed by atoms with Crippen molar-refractivity contribution < 1.29 is 14.7 Å². The molecule has 4 saturated carbocycles. The SMILES string of the molecule is CC(C)C1=C2[C@H]3CCC4[C@@]5(C)CC[C@H](O)C(C)(C)C5CC[C@@]4(C)[C@]3(C)CC[C@@]2(C(=O)NCCN2CCCC2)CC1=O. The lowest BCUT2D eigenvalue weighted by molar-refractivity contribution is -0.228. The van der Waals surface area contributed by atoms with Gasteiger partial charge in [0.1, 0.15) is 0 Å². The molecule has 1 aliphatic heterocycles. The quantitative estimate of drug-likeness (QED) is 0.396. The molecule has 0 aromatic carbocycles. The van der Waals surface area contributed by atoms with Crippen LogP contribution in [0.3, 0.4) is 0 Å². The van der Waals surface area contributed by atoms with E-state index in [1.165, 1.54) is 37.7 Å². The van der Waals surface area contributed by atoms with Gasteiger partial charge in [0, 0.05) is 19.5 Å². The van der Waals surface area contributed by atoms with E-state index in [-0.39, 0.29) is 45.4 Å². The van der Waals surface area contributed by atoms with E-state index in [1.54, 1.807) is 0 Å². The third-order valence-electron chi connectivity index (χ3n) is 14.8. The van der Waals surface area contributed by atoms with Gasteiger partial charge in [0.2, 0.25) is 5.91 Å². The number of likely N-dealkylation sites (tertiary alicyclic amines) is 1. The third-order valence-corrected chi connectivity index (χ3v) is 14.8. The standard InChI is InChI=1S/C36H58N2O3/c1-23(2)29-25(39)22-36(31(41)37-18-21-38-19-8-9-20-38)17-16-34(6)24(30(29)36)10-11-27-33(5)14-13-28(40)32(3,4)26(33)12-15-35(27,34)7/h23-24,26-28,40H,8-22H2,1-7H3,(H,37,41)/t24-,26?,27?,28+,33+,34-,35-,36-/m1/s1. The molecule has 1 saturated heterocycles. The lowest BCUT2D eigenvalue weighted by Crippen LogP contribution is -2.66. The normalized spacial score (nSPS) is 45.7. The van der Waals surface area contributed by atoms with E-state index >= 15 is 0 Å². The maximum Gasteiger partial charge on any atom is 0.230 e. The van der Waals surface area contributed by atoms with Crippen molar-refractivity contribution in [2.24, 2.45) is 50.7 Å². The van der Waals surface area contributed by atoms with Crippen molar-refractivity contribution in [2.45, 2.75) is 125 Å². The Morgan fingerprint density at radius 2 is 1.63 bits per heavy atom. The Labute approximate surface area is 249 Å². The molecule has 6 rings (SSSR count). The molecule has 6 aliphatic rings. The van der Waals surface area contributed by atoms with Crippen LogP contribution in [0.15, 0.2) is 11.1 Å². The lowest BCUT2D eigenvalue weighted by Gasteiger charge is -2.72. The molecule has 0 bridgehead atoms. The van der Waals surface area contributed by atoms with Crippen LogP contribution in [-0.2, 0) is 9.59 Å². The fraction of sp³-hybridized carbons (Fsp3) is 0.889. The Kier molecular flexibility index (Phi) is 7.21. The maximum absolute atomic E-state index is 14.2. The Bertz CT molecular complexity index is 1120. The summed E-state index contributed by atoms with van der Waals surface area (Å²) in [4.78, 5) is 30.5. The fourth-order valence-electron chi connectivity index (χ4n) is 12.4. The van der Waals surface area contributed by atoms with Crippen LogP contribution in [0.2, 0.25) is 0 Å². The van der Waals surface area contributed by atoms with E-state index in [9.17, 15) is 14.7 Å². The molecule has 0 radical (unpaired) electrons. The number of ketones is 1. The van der Waals surface area contributed by atoms with Gasteiger partial charge in [0.15, 0.2) is 5.78 Å². The summed E-state index contributed by atoms with van der Waals surface area (Å²) in [6.45, 7) is 20.6. The molecule has 5 nitrogen and oxygen atoms in total. The average molecular weight is 567 g/mol. The van der Waals surface area contributed by atoms with E-state index in [4.69, 9.17) is 0 Å². The monoisotopic (exact) mass is 566 g/mol. The average Bonchev–Trinajstić information content (AvgIpc) is 3.53.